The summed E-state index contributed by atoms with van der Waals surface area (Å²) in [6.07, 6.45) is 3.20. The van der Waals surface area contributed by atoms with E-state index in [2.05, 4.69) is 14.9 Å². The monoisotopic (exact) mass is 309 g/mol. The molecule has 0 bridgehead atoms. The van der Waals surface area contributed by atoms with E-state index in [0.29, 0.717) is 17.5 Å². The van der Waals surface area contributed by atoms with Gasteiger partial charge < -0.3 is 5.32 Å². The second-order valence-electron chi connectivity index (χ2n) is 5.90. The van der Waals surface area contributed by atoms with E-state index in [1.807, 2.05) is 19.2 Å². The number of benzene rings is 1. The molecule has 2 atom stereocenters. The molecule has 1 aromatic carbocycles. The van der Waals surface area contributed by atoms with Crippen molar-refractivity contribution in [2.45, 2.75) is 42.8 Å². The minimum Gasteiger partial charge on any atom is -0.316 e. The van der Waals surface area contributed by atoms with E-state index < -0.39 is 10.0 Å². The minimum atomic E-state index is -3.45. The summed E-state index contributed by atoms with van der Waals surface area (Å²) in [6, 6.07) is 7.65. The van der Waals surface area contributed by atoms with Crippen molar-refractivity contribution in [3.05, 3.63) is 29.8 Å². The molecule has 3 rings (SSSR count). The lowest BCUT2D eigenvalue weighted by Gasteiger charge is -2.22. The maximum atomic E-state index is 12.7. The Morgan fingerprint density at radius 2 is 2.05 bits per heavy atom. The molecule has 2 aliphatic rings. The first kappa shape index (κ1) is 15.0. The van der Waals surface area contributed by atoms with Crippen molar-refractivity contribution in [1.82, 2.24) is 14.9 Å². The molecule has 0 aromatic heterocycles. The molecule has 0 aliphatic carbocycles. The molecule has 2 N–H and O–H groups in total. The van der Waals surface area contributed by atoms with E-state index in [4.69, 9.17) is 0 Å². The highest BCUT2D eigenvalue weighted by atomic mass is 32.2. The van der Waals surface area contributed by atoms with Crippen LogP contribution in [0.4, 0.5) is 0 Å². The first-order chi connectivity index (χ1) is 10.1. The van der Waals surface area contributed by atoms with Crippen LogP contribution in [-0.2, 0) is 16.6 Å². The zero-order valence-electron chi connectivity index (χ0n) is 12.4. The lowest BCUT2D eigenvalue weighted by atomic mass is 10.1. The molecule has 1 aromatic rings. The summed E-state index contributed by atoms with van der Waals surface area (Å²) in [5.74, 6) is 0. The second kappa shape index (κ2) is 6.04. The van der Waals surface area contributed by atoms with Gasteiger partial charge >= 0.3 is 0 Å². The fourth-order valence-corrected chi connectivity index (χ4v) is 5.13. The van der Waals surface area contributed by atoms with Gasteiger partial charge in [-0.2, -0.15) is 0 Å². The predicted molar refractivity (Wildman–Crippen MR) is 82.5 cm³/mol. The molecule has 2 fully saturated rings. The first-order valence-corrected chi connectivity index (χ1v) is 9.09. The highest BCUT2D eigenvalue weighted by molar-refractivity contribution is 7.89. The van der Waals surface area contributed by atoms with Gasteiger partial charge in [0.15, 0.2) is 0 Å². The molecule has 0 spiro atoms. The molecule has 0 saturated carbocycles. The molecular formula is C15H23N3O2S. The van der Waals surface area contributed by atoms with Crippen molar-refractivity contribution in [2.24, 2.45) is 0 Å². The molecule has 2 unspecified atom stereocenters. The Hall–Kier alpha value is -0.950. The maximum Gasteiger partial charge on any atom is 0.241 e. The van der Waals surface area contributed by atoms with Gasteiger partial charge in [-0.15, -0.1) is 0 Å². The molecule has 0 amide bonds. The first-order valence-electron chi connectivity index (χ1n) is 7.61. The Morgan fingerprint density at radius 3 is 2.86 bits per heavy atom. The predicted octanol–water partition coefficient (Wildman–Crippen LogP) is 0.921. The van der Waals surface area contributed by atoms with Crippen molar-refractivity contribution in [1.29, 1.82) is 0 Å². The number of sulfonamides is 1. The van der Waals surface area contributed by atoms with Gasteiger partial charge in [0, 0.05) is 25.2 Å². The van der Waals surface area contributed by atoms with E-state index in [-0.39, 0.29) is 6.04 Å². The molecule has 5 nitrogen and oxygen atoms in total. The fourth-order valence-electron chi connectivity index (χ4n) is 3.59. The Kier molecular flexibility index (Phi) is 4.31. The largest absolute Gasteiger partial charge is 0.316 e. The zero-order chi connectivity index (χ0) is 14.9. The van der Waals surface area contributed by atoms with E-state index in [1.54, 1.807) is 12.1 Å². The number of nitrogens with zero attached hydrogens (tertiary/aromatic N) is 1. The number of rotatable bonds is 5. The van der Waals surface area contributed by atoms with E-state index >= 15 is 0 Å². The van der Waals surface area contributed by atoms with Crippen LogP contribution in [-0.4, -0.2) is 45.5 Å². The highest BCUT2D eigenvalue weighted by Gasteiger charge is 2.39. The summed E-state index contributed by atoms with van der Waals surface area (Å²) >= 11 is 0. The average Bonchev–Trinajstić information content (AvgIpc) is 3.05. The molecule has 116 valence electrons. The summed E-state index contributed by atoms with van der Waals surface area (Å²) in [4.78, 5) is 2.81. The van der Waals surface area contributed by atoms with Crippen LogP contribution < -0.4 is 10.0 Å². The number of hydrogen-bond donors (Lipinski definition) is 2. The quantitative estimate of drug-likeness (QED) is 0.849. The Bertz CT molecular complexity index is 603. The van der Waals surface area contributed by atoms with Gasteiger partial charge in [0.1, 0.15) is 0 Å². The van der Waals surface area contributed by atoms with E-state index in [9.17, 15) is 8.42 Å². The van der Waals surface area contributed by atoms with Crippen molar-refractivity contribution < 1.29 is 8.42 Å². The van der Waals surface area contributed by atoms with Crippen molar-refractivity contribution in [3.63, 3.8) is 0 Å². The van der Waals surface area contributed by atoms with Crippen molar-refractivity contribution >= 4 is 10.0 Å². The van der Waals surface area contributed by atoms with Gasteiger partial charge in [-0.05, 0) is 44.5 Å². The van der Waals surface area contributed by atoms with Crippen LogP contribution >= 0.6 is 0 Å². The third-order valence-corrected chi connectivity index (χ3v) is 6.13. The van der Waals surface area contributed by atoms with Crippen LogP contribution in [0.15, 0.2) is 29.2 Å². The molecule has 2 heterocycles. The van der Waals surface area contributed by atoms with Crippen LogP contribution in [0, 0.1) is 0 Å². The second-order valence-corrected chi connectivity index (χ2v) is 7.58. The van der Waals surface area contributed by atoms with Crippen molar-refractivity contribution in [2.75, 3.05) is 20.1 Å². The third-order valence-electron chi connectivity index (χ3n) is 4.54. The zero-order valence-corrected chi connectivity index (χ0v) is 13.2. The fraction of sp³-hybridized carbons (Fsp3) is 0.600. The van der Waals surface area contributed by atoms with Crippen LogP contribution in [0.5, 0.6) is 0 Å². The van der Waals surface area contributed by atoms with E-state index in [1.165, 1.54) is 6.42 Å². The molecule has 6 heteroatoms. The van der Waals surface area contributed by atoms with Crippen LogP contribution in [0.3, 0.4) is 0 Å². The van der Waals surface area contributed by atoms with Crippen LogP contribution in [0.2, 0.25) is 0 Å². The number of hydrogen-bond acceptors (Lipinski definition) is 4. The summed E-state index contributed by atoms with van der Waals surface area (Å²) < 4.78 is 28.4. The Labute approximate surface area is 126 Å². The lowest BCUT2D eigenvalue weighted by Crippen LogP contribution is -2.42. The van der Waals surface area contributed by atoms with Gasteiger partial charge in [0.05, 0.1) is 4.90 Å². The minimum absolute atomic E-state index is 0.0557. The van der Waals surface area contributed by atoms with Gasteiger partial charge in [0.2, 0.25) is 10.0 Å². The third kappa shape index (κ3) is 2.99. The summed E-state index contributed by atoms with van der Waals surface area (Å²) in [5.41, 5.74) is 0.814. The van der Waals surface area contributed by atoms with Gasteiger partial charge in [-0.25, -0.2) is 13.1 Å². The number of fused-ring (bicyclic) bond motifs is 1. The Morgan fingerprint density at radius 1 is 1.24 bits per heavy atom. The summed E-state index contributed by atoms with van der Waals surface area (Å²) in [5, 5.41) is 3.03. The normalized spacial score (nSPS) is 26.1. The van der Waals surface area contributed by atoms with Gasteiger partial charge in [-0.3, -0.25) is 4.90 Å². The number of nitrogens with one attached hydrogen (secondary N) is 2. The smallest absolute Gasteiger partial charge is 0.241 e. The Balaban J connectivity index is 1.81. The van der Waals surface area contributed by atoms with E-state index in [0.717, 1.165) is 31.5 Å². The van der Waals surface area contributed by atoms with Crippen LogP contribution in [0.1, 0.15) is 24.8 Å². The lowest BCUT2D eigenvalue weighted by molar-refractivity contribution is 0.309. The maximum absolute atomic E-state index is 12.7. The molecule has 2 aliphatic heterocycles. The van der Waals surface area contributed by atoms with Crippen molar-refractivity contribution in [3.8, 4) is 0 Å². The molecule has 0 radical (unpaired) electrons. The molecule has 21 heavy (non-hydrogen) atoms. The molecule has 2 saturated heterocycles. The van der Waals surface area contributed by atoms with Crippen LogP contribution in [0.25, 0.3) is 0 Å². The van der Waals surface area contributed by atoms with Gasteiger partial charge in [0.25, 0.3) is 0 Å². The topological polar surface area (TPSA) is 61.4 Å². The standard InChI is InChI=1S/C15H23N3O2S/c1-16-11-12-5-2-3-7-15(12)21(19,20)17-13-8-10-18-9-4-6-14(13)18/h2-3,5,7,13-14,16-17H,4,6,8-11H2,1H3. The highest BCUT2D eigenvalue weighted by Crippen LogP contribution is 2.29. The SMILES string of the molecule is CNCc1ccccc1S(=O)(=O)NC1CCN2CCCC12. The summed E-state index contributed by atoms with van der Waals surface area (Å²) in [6.45, 7) is 2.67. The summed E-state index contributed by atoms with van der Waals surface area (Å²) in [7, 11) is -1.63. The molecular weight excluding hydrogens is 286 g/mol. The van der Waals surface area contributed by atoms with Gasteiger partial charge in [-0.1, -0.05) is 18.2 Å². The average molecular weight is 309 g/mol.